The van der Waals surface area contributed by atoms with Crippen LogP contribution in [0.3, 0.4) is 0 Å². The molecule has 1 atom stereocenters. The number of piperazine rings is 1. The fraction of sp³-hybridized carbons (Fsp3) is 0.545. The van der Waals surface area contributed by atoms with Crippen molar-refractivity contribution in [3.8, 4) is 5.75 Å². The van der Waals surface area contributed by atoms with Crippen LogP contribution in [0.5, 0.6) is 5.75 Å². The van der Waals surface area contributed by atoms with E-state index in [0.717, 1.165) is 50.5 Å². The molecule has 3 aliphatic heterocycles. The average molecular weight is 399 g/mol. The van der Waals surface area contributed by atoms with Gasteiger partial charge < -0.3 is 19.5 Å². The molecule has 3 heterocycles. The lowest BCUT2D eigenvalue weighted by Gasteiger charge is -2.38. The lowest BCUT2D eigenvalue weighted by Crippen LogP contribution is -2.50. The quantitative estimate of drug-likeness (QED) is 0.621. The molecule has 4 rings (SSSR count). The third-order valence-corrected chi connectivity index (χ3v) is 6.28. The van der Waals surface area contributed by atoms with Crippen LogP contribution in [0.25, 0.3) is 0 Å². The Morgan fingerprint density at radius 2 is 2.03 bits per heavy atom. The summed E-state index contributed by atoms with van der Waals surface area (Å²) in [7, 11) is 0. The molecule has 1 unspecified atom stereocenters. The number of ether oxygens (including phenoxy) is 2. The lowest BCUT2D eigenvalue weighted by atomic mass is 9.94. The predicted molar refractivity (Wildman–Crippen MR) is 114 cm³/mol. The second-order valence-corrected chi connectivity index (χ2v) is 8.09. The number of nitrogens with zero attached hydrogens (tertiary/aromatic N) is 4. The maximum absolute atomic E-state index is 10.3. The van der Waals surface area contributed by atoms with E-state index >= 15 is 0 Å². The molecule has 0 aliphatic carbocycles. The van der Waals surface area contributed by atoms with Gasteiger partial charge in [0, 0.05) is 44.8 Å². The summed E-state index contributed by atoms with van der Waals surface area (Å²) in [6.07, 6.45) is 2.70. The van der Waals surface area contributed by atoms with Gasteiger partial charge in [0.05, 0.1) is 19.8 Å². The minimum atomic E-state index is -0.885. The smallest absolute Gasteiger partial charge is 0.224 e. The Kier molecular flexibility index (Phi) is 5.72. The van der Waals surface area contributed by atoms with Crippen molar-refractivity contribution in [3.63, 3.8) is 0 Å². The van der Waals surface area contributed by atoms with Crippen LogP contribution in [-0.4, -0.2) is 79.2 Å². The fourth-order valence-corrected chi connectivity index (χ4v) is 3.98. The zero-order valence-corrected chi connectivity index (χ0v) is 17.3. The van der Waals surface area contributed by atoms with Gasteiger partial charge in [-0.15, -0.1) is 0 Å². The van der Waals surface area contributed by atoms with E-state index in [2.05, 4.69) is 51.6 Å². The molecule has 2 fully saturated rings. The maximum Gasteiger partial charge on any atom is 0.224 e. The Balaban J connectivity index is 1.37. The molecule has 0 amide bonds. The Bertz CT molecular complexity index is 823. The monoisotopic (exact) mass is 398 g/mol. The van der Waals surface area contributed by atoms with Gasteiger partial charge in [-0.2, -0.15) is 0 Å². The summed E-state index contributed by atoms with van der Waals surface area (Å²) >= 11 is 0. The van der Waals surface area contributed by atoms with Gasteiger partial charge in [-0.25, -0.2) is 9.98 Å². The van der Waals surface area contributed by atoms with E-state index in [1.807, 2.05) is 6.92 Å². The highest BCUT2D eigenvalue weighted by atomic mass is 16.5. The van der Waals surface area contributed by atoms with Gasteiger partial charge in [-0.05, 0) is 43.3 Å². The van der Waals surface area contributed by atoms with Gasteiger partial charge in [0.2, 0.25) is 5.96 Å². The number of aliphatic imine (C=N–C) groups is 2. The van der Waals surface area contributed by atoms with E-state index in [9.17, 15) is 5.11 Å². The van der Waals surface area contributed by atoms with Gasteiger partial charge in [0.25, 0.3) is 0 Å². The zero-order valence-electron chi connectivity index (χ0n) is 17.3. The lowest BCUT2D eigenvalue weighted by molar-refractivity contribution is -0.154. The van der Waals surface area contributed by atoms with E-state index < -0.39 is 5.60 Å². The van der Waals surface area contributed by atoms with Crippen LogP contribution in [0.2, 0.25) is 0 Å². The van der Waals surface area contributed by atoms with Crippen molar-refractivity contribution in [2.24, 2.45) is 9.98 Å². The van der Waals surface area contributed by atoms with Crippen molar-refractivity contribution in [1.29, 1.82) is 0 Å². The van der Waals surface area contributed by atoms with Gasteiger partial charge in [0.1, 0.15) is 11.4 Å². The van der Waals surface area contributed by atoms with Crippen LogP contribution in [0.15, 0.2) is 40.0 Å². The predicted octanol–water partition coefficient (Wildman–Crippen LogP) is 2.02. The third kappa shape index (κ3) is 4.08. The van der Waals surface area contributed by atoms with Crippen molar-refractivity contribution < 1.29 is 14.6 Å². The van der Waals surface area contributed by atoms with Crippen LogP contribution < -0.4 is 4.74 Å². The first kappa shape index (κ1) is 20.1. The summed E-state index contributed by atoms with van der Waals surface area (Å²) in [6.45, 7) is 12.8. The molecule has 3 aliphatic rings. The highest BCUT2D eigenvalue weighted by Gasteiger charge is 2.37. The minimum absolute atomic E-state index is 0.325. The number of hydrogen-bond donors (Lipinski definition) is 1. The van der Waals surface area contributed by atoms with Gasteiger partial charge in [-0.1, -0.05) is 12.1 Å². The number of aliphatic hydroxyl groups is 1. The van der Waals surface area contributed by atoms with E-state index in [0.29, 0.717) is 25.2 Å². The van der Waals surface area contributed by atoms with Crippen LogP contribution in [0.1, 0.15) is 31.0 Å². The largest absolute Gasteiger partial charge is 0.493 e. The summed E-state index contributed by atoms with van der Waals surface area (Å²) in [5.41, 5.74) is 2.51. The molecule has 1 N–H and O–H groups in total. The Morgan fingerprint density at radius 3 is 2.69 bits per heavy atom. The SMILES string of the molecule is C=NC(=N/C=C(\C)C1(O)COC1)N1CCN(C(C)c2ccc3c(c2)OCC3)CC1. The van der Waals surface area contributed by atoms with Crippen LogP contribution in [-0.2, 0) is 11.2 Å². The first-order valence-corrected chi connectivity index (χ1v) is 10.3. The molecular formula is C22H30N4O3. The van der Waals surface area contributed by atoms with Gasteiger partial charge in [-0.3, -0.25) is 4.90 Å². The number of guanidine groups is 1. The summed E-state index contributed by atoms with van der Waals surface area (Å²) in [5, 5.41) is 10.3. The van der Waals surface area contributed by atoms with Crippen molar-refractivity contribution in [2.45, 2.75) is 31.9 Å². The molecule has 1 aromatic rings. The zero-order chi connectivity index (χ0) is 20.4. The molecule has 0 aromatic heterocycles. The van der Waals surface area contributed by atoms with Gasteiger partial charge >= 0.3 is 0 Å². The van der Waals surface area contributed by atoms with Crippen LogP contribution in [0.4, 0.5) is 0 Å². The van der Waals surface area contributed by atoms with Gasteiger partial charge in [0.15, 0.2) is 0 Å². The van der Waals surface area contributed by atoms with E-state index in [1.54, 1.807) is 6.20 Å². The van der Waals surface area contributed by atoms with Crippen LogP contribution in [0, 0.1) is 0 Å². The average Bonchev–Trinajstić information content (AvgIpc) is 3.20. The van der Waals surface area contributed by atoms with E-state index in [4.69, 9.17) is 9.47 Å². The molecule has 156 valence electrons. The maximum atomic E-state index is 10.3. The molecule has 29 heavy (non-hydrogen) atoms. The second-order valence-electron chi connectivity index (χ2n) is 8.09. The van der Waals surface area contributed by atoms with E-state index in [1.165, 1.54) is 11.1 Å². The number of fused-ring (bicyclic) bond motifs is 1. The highest BCUT2D eigenvalue weighted by Crippen LogP contribution is 2.31. The molecule has 0 saturated carbocycles. The van der Waals surface area contributed by atoms with E-state index in [-0.39, 0.29) is 0 Å². The Morgan fingerprint density at radius 1 is 1.28 bits per heavy atom. The number of benzene rings is 1. The van der Waals surface area contributed by atoms with Crippen LogP contribution >= 0.6 is 0 Å². The first-order chi connectivity index (χ1) is 14.0. The second kappa shape index (κ2) is 8.26. The molecule has 0 radical (unpaired) electrons. The first-order valence-electron chi connectivity index (χ1n) is 10.3. The molecule has 2 saturated heterocycles. The van der Waals surface area contributed by atoms with Crippen molar-refractivity contribution >= 4 is 12.7 Å². The van der Waals surface area contributed by atoms with Crippen molar-refractivity contribution in [2.75, 3.05) is 46.0 Å². The van der Waals surface area contributed by atoms with Crippen molar-refractivity contribution in [3.05, 3.63) is 41.1 Å². The molecule has 7 nitrogen and oxygen atoms in total. The Hall–Kier alpha value is -2.22. The molecule has 0 spiro atoms. The standard InChI is InChI=1S/C22H30N4O3/c1-16(22(27)14-28-15-22)13-24-21(23-3)26-9-7-25(8-10-26)17(2)19-5-4-18-6-11-29-20(18)12-19/h4-5,12-13,17,27H,3,6-11,14-15H2,1-2H3/b16-13+,24-21?. The minimum Gasteiger partial charge on any atom is -0.493 e. The molecular weight excluding hydrogens is 368 g/mol. The molecule has 0 bridgehead atoms. The highest BCUT2D eigenvalue weighted by molar-refractivity contribution is 5.84. The Labute approximate surface area is 172 Å². The fourth-order valence-electron chi connectivity index (χ4n) is 3.98. The number of rotatable bonds is 4. The summed E-state index contributed by atoms with van der Waals surface area (Å²) in [6, 6.07) is 6.95. The third-order valence-electron chi connectivity index (χ3n) is 6.28. The number of hydrogen-bond acceptors (Lipinski definition) is 5. The van der Waals surface area contributed by atoms with Crippen molar-refractivity contribution in [1.82, 2.24) is 9.80 Å². The molecule has 1 aromatic carbocycles. The molecule has 7 heteroatoms. The summed E-state index contributed by atoms with van der Waals surface area (Å²) in [4.78, 5) is 13.2. The topological polar surface area (TPSA) is 69.9 Å². The summed E-state index contributed by atoms with van der Waals surface area (Å²) in [5.74, 6) is 1.64. The normalized spacial score (nSPS) is 23.2. The summed E-state index contributed by atoms with van der Waals surface area (Å²) < 4.78 is 10.8.